The number of hydrogen-bond acceptors (Lipinski definition) is 0. The van der Waals surface area contributed by atoms with Gasteiger partial charge in [0.2, 0.25) is 11.4 Å². The molecule has 0 N–H and O–H groups in total. The molecule has 2 aliphatic heterocycles. The second-order valence-electron chi connectivity index (χ2n) is 10.1. The van der Waals surface area contributed by atoms with Gasteiger partial charge in [-0.3, -0.25) is 0 Å². The molecule has 1 spiro atoms. The van der Waals surface area contributed by atoms with Crippen molar-refractivity contribution in [3.05, 3.63) is 132 Å². The number of hydrogen-bond donors (Lipinski definition) is 0. The quantitative estimate of drug-likeness (QED) is 0.275. The highest BCUT2D eigenvalue weighted by molar-refractivity contribution is 5.78. The van der Waals surface area contributed by atoms with E-state index in [9.17, 15) is 0 Å². The Morgan fingerprint density at radius 3 is 2.23 bits per heavy atom. The lowest BCUT2D eigenvalue weighted by Gasteiger charge is -2.20. The van der Waals surface area contributed by atoms with E-state index in [0.29, 0.717) is 5.92 Å². The van der Waals surface area contributed by atoms with E-state index in [1.54, 1.807) is 0 Å². The van der Waals surface area contributed by atoms with E-state index in [4.69, 9.17) is 0 Å². The van der Waals surface area contributed by atoms with Crippen LogP contribution in [0.4, 0.5) is 0 Å². The lowest BCUT2D eigenvalue weighted by atomic mass is 9.88. The maximum absolute atomic E-state index is 2.62. The van der Waals surface area contributed by atoms with Crippen LogP contribution in [0, 0.1) is 5.92 Å². The molecule has 0 saturated carbocycles. The molecule has 2 nitrogen and oxygen atoms in total. The largest absolute Gasteiger partial charge is 0.417 e. The van der Waals surface area contributed by atoms with Gasteiger partial charge in [-0.2, -0.15) is 0 Å². The number of benzene rings is 3. The van der Waals surface area contributed by atoms with Crippen LogP contribution in [0.3, 0.4) is 0 Å². The van der Waals surface area contributed by atoms with Crippen molar-refractivity contribution in [2.45, 2.75) is 25.9 Å². The number of rotatable bonds is 3. The molecule has 168 valence electrons. The zero-order chi connectivity index (χ0) is 23.6. The molecule has 0 fully saturated rings. The molecule has 35 heavy (non-hydrogen) atoms. The first kappa shape index (κ1) is 20.3. The number of nitrogens with zero attached hydrogens (tertiary/aromatic N) is 2. The van der Waals surface area contributed by atoms with Crippen LogP contribution in [0.15, 0.2) is 115 Å². The van der Waals surface area contributed by atoms with Gasteiger partial charge in [0.25, 0.3) is 0 Å². The van der Waals surface area contributed by atoms with Crippen LogP contribution in [-0.2, 0) is 12.1 Å². The molecule has 0 amide bonds. The van der Waals surface area contributed by atoms with Gasteiger partial charge in [0.15, 0.2) is 11.9 Å². The smallest absolute Gasteiger partial charge is 0.126 e. The SMILES string of the molecule is CC(C)Cc1cccc2[n+]1C1(c3ccc(-c4ccccc4)cc3-c3cccc[n+]31)c1ccccc1-2. The maximum atomic E-state index is 2.62. The Balaban J connectivity index is 1.61. The molecule has 0 aliphatic carbocycles. The fourth-order valence-electron chi connectivity index (χ4n) is 6.30. The van der Waals surface area contributed by atoms with E-state index in [1.807, 2.05) is 0 Å². The van der Waals surface area contributed by atoms with Crippen molar-refractivity contribution in [2.75, 3.05) is 0 Å². The summed E-state index contributed by atoms with van der Waals surface area (Å²) in [5.41, 5.74) is 11.3. The van der Waals surface area contributed by atoms with Gasteiger partial charge in [-0.15, -0.1) is 9.13 Å². The summed E-state index contributed by atoms with van der Waals surface area (Å²) < 4.78 is 5.13. The topological polar surface area (TPSA) is 7.76 Å². The van der Waals surface area contributed by atoms with Crippen LogP contribution >= 0.6 is 0 Å². The van der Waals surface area contributed by atoms with Crippen molar-refractivity contribution in [1.82, 2.24) is 0 Å². The van der Waals surface area contributed by atoms with Gasteiger partial charge < -0.3 is 0 Å². The first-order valence-electron chi connectivity index (χ1n) is 12.6. The molecule has 4 heterocycles. The van der Waals surface area contributed by atoms with Crippen LogP contribution in [0.1, 0.15) is 30.7 Å². The highest BCUT2D eigenvalue weighted by Gasteiger charge is 2.67. The van der Waals surface area contributed by atoms with Crippen molar-refractivity contribution in [3.63, 3.8) is 0 Å². The summed E-state index contributed by atoms with van der Waals surface area (Å²) in [4.78, 5) is 0. The summed E-state index contributed by atoms with van der Waals surface area (Å²) in [6, 6.07) is 40.2. The minimum absolute atomic E-state index is 0.432. The van der Waals surface area contributed by atoms with E-state index >= 15 is 0 Å². The fourth-order valence-corrected chi connectivity index (χ4v) is 6.30. The molecular formula is C33H28N2+2. The van der Waals surface area contributed by atoms with E-state index in [2.05, 4.69) is 138 Å². The van der Waals surface area contributed by atoms with Gasteiger partial charge in [-0.25, -0.2) is 0 Å². The molecule has 7 rings (SSSR count). The Bertz CT molecular complexity index is 1600. The third-order valence-corrected chi connectivity index (χ3v) is 7.58. The van der Waals surface area contributed by atoms with Crippen molar-refractivity contribution < 1.29 is 9.13 Å². The normalized spacial score (nSPS) is 16.8. The lowest BCUT2D eigenvalue weighted by molar-refractivity contribution is -0.957. The third-order valence-electron chi connectivity index (χ3n) is 7.58. The Hall–Kier alpha value is -4.04. The zero-order valence-corrected chi connectivity index (χ0v) is 20.1. The first-order valence-corrected chi connectivity index (χ1v) is 12.6. The maximum Gasteiger partial charge on any atom is 0.417 e. The van der Waals surface area contributed by atoms with Gasteiger partial charge in [-0.1, -0.05) is 62.4 Å². The second kappa shape index (κ2) is 7.48. The van der Waals surface area contributed by atoms with Gasteiger partial charge in [0, 0.05) is 30.7 Å². The fraction of sp³-hybridized carbons (Fsp3) is 0.152. The van der Waals surface area contributed by atoms with Gasteiger partial charge in [0.1, 0.15) is 11.1 Å². The number of aromatic nitrogens is 2. The molecular weight excluding hydrogens is 424 g/mol. The molecule has 1 unspecified atom stereocenters. The van der Waals surface area contributed by atoms with E-state index in [0.717, 1.165) is 6.42 Å². The van der Waals surface area contributed by atoms with Crippen molar-refractivity contribution in [1.29, 1.82) is 0 Å². The highest BCUT2D eigenvalue weighted by Crippen LogP contribution is 2.48. The lowest BCUT2D eigenvalue weighted by Crippen LogP contribution is -2.72. The summed E-state index contributed by atoms with van der Waals surface area (Å²) in [5, 5.41) is 0. The zero-order valence-electron chi connectivity index (χ0n) is 20.1. The Kier molecular flexibility index (Phi) is 4.35. The van der Waals surface area contributed by atoms with Crippen LogP contribution in [0.5, 0.6) is 0 Å². The van der Waals surface area contributed by atoms with Crippen molar-refractivity contribution >= 4 is 0 Å². The van der Waals surface area contributed by atoms with Gasteiger partial charge in [0.05, 0.1) is 11.1 Å². The molecule has 2 aromatic heterocycles. The Morgan fingerprint density at radius 2 is 1.37 bits per heavy atom. The second-order valence-corrected chi connectivity index (χ2v) is 10.1. The van der Waals surface area contributed by atoms with Crippen molar-refractivity contribution in [3.8, 4) is 33.6 Å². The van der Waals surface area contributed by atoms with Gasteiger partial charge >= 0.3 is 5.66 Å². The molecule has 1 atom stereocenters. The summed E-state index contributed by atoms with van der Waals surface area (Å²) in [7, 11) is 0. The average molecular weight is 453 g/mol. The summed E-state index contributed by atoms with van der Waals surface area (Å²) in [6.45, 7) is 4.62. The molecule has 0 saturated heterocycles. The molecule has 3 aromatic carbocycles. The monoisotopic (exact) mass is 452 g/mol. The first-order chi connectivity index (χ1) is 17.2. The Labute approximate surface area is 206 Å². The summed E-state index contributed by atoms with van der Waals surface area (Å²) in [6.07, 6.45) is 3.30. The van der Waals surface area contributed by atoms with E-state index < -0.39 is 5.66 Å². The standard InChI is InChI=1S/C33H28N2/c1-23(2)21-26-13-10-17-32-27-14-6-7-15-29(27)33(35(26)32)30-19-18-25(24-11-4-3-5-12-24)22-28(30)31-16-8-9-20-34(31)33/h3-20,22-23H,21H2,1-2H3/q+2. The van der Waals surface area contributed by atoms with Crippen LogP contribution in [0.2, 0.25) is 0 Å². The molecule has 2 aliphatic rings. The molecule has 0 bridgehead atoms. The summed E-state index contributed by atoms with van der Waals surface area (Å²) >= 11 is 0. The minimum atomic E-state index is -0.432. The molecule has 5 aromatic rings. The van der Waals surface area contributed by atoms with Crippen molar-refractivity contribution in [2.24, 2.45) is 5.92 Å². The molecule has 2 heteroatoms. The highest BCUT2D eigenvalue weighted by atomic mass is 15.3. The third kappa shape index (κ3) is 2.71. The predicted octanol–water partition coefficient (Wildman–Crippen LogP) is 6.39. The van der Waals surface area contributed by atoms with Crippen LogP contribution in [0.25, 0.3) is 33.6 Å². The van der Waals surface area contributed by atoms with E-state index in [-0.39, 0.29) is 0 Å². The van der Waals surface area contributed by atoms with Crippen LogP contribution < -0.4 is 9.13 Å². The van der Waals surface area contributed by atoms with Crippen LogP contribution in [-0.4, -0.2) is 0 Å². The Morgan fingerprint density at radius 1 is 0.629 bits per heavy atom. The average Bonchev–Trinajstić information content (AvgIpc) is 3.36. The van der Waals surface area contributed by atoms with Gasteiger partial charge in [-0.05, 0) is 53.4 Å². The molecule has 0 radical (unpaired) electrons. The number of fused-ring (bicyclic) bond motifs is 10. The predicted molar refractivity (Wildman–Crippen MR) is 140 cm³/mol. The van der Waals surface area contributed by atoms with E-state index in [1.165, 1.54) is 50.5 Å². The number of pyridine rings is 2. The summed E-state index contributed by atoms with van der Waals surface area (Å²) in [5.74, 6) is 0.566. The minimum Gasteiger partial charge on any atom is -0.126 e.